The predicted molar refractivity (Wildman–Crippen MR) is 107 cm³/mol. The lowest BCUT2D eigenvalue weighted by atomic mass is 9.91. The normalized spacial score (nSPS) is 17.2. The molecule has 0 aliphatic heterocycles. The standard InChI is InChI=1S/C22H21F3N4O/c1-13(2)18-12-20-27-26-14(3)29(20)28-21(18)30-19-11-16(22(23,24)25)9-10-17(19)15-7-5-4-6-8-15/h4-8,10-13,16H,9H2,1-3H3. The van der Waals surface area contributed by atoms with E-state index in [9.17, 15) is 13.2 Å². The quantitative estimate of drug-likeness (QED) is 0.567. The van der Waals surface area contributed by atoms with Crippen LogP contribution in [0, 0.1) is 12.8 Å². The number of ether oxygens (including phenoxy) is 1. The minimum absolute atomic E-state index is 0.0289. The second-order valence-corrected chi connectivity index (χ2v) is 7.58. The van der Waals surface area contributed by atoms with E-state index in [0.717, 1.165) is 17.2 Å². The van der Waals surface area contributed by atoms with Crippen LogP contribution in [0.5, 0.6) is 5.88 Å². The third-order valence-corrected chi connectivity index (χ3v) is 5.07. The highest BCUT2D eigenvalue weighted by Gasteiger charge is 2.40. The Morgan fingerprint density at radius 2 is 1.87 bits per heavy atom. The zero-order valence-electron chi connectivity index (χ0n) is 16.8. The molecule has 1 atom stereocenters. The minimum atomic E-state index is -4.35. The maximum atomic E-state index is 13.4. The van der Waals surface area contributed by atoms with Gasteiger partial charge in [-0.1, -0.05) is 50.3 Å². The second kappa shape index (κ2) is 7.59. The summed E-state index contributed by atoms with van der Waals surface area (Å²) in [6, 6.07) is 11.0. The molecule has 4 rings (SSSR count). The fraction of sp³-hybridized carbons (Fsp3) is 0.318. The van der Waals surface area contributed by atoms with Gasteiger partial charge in [-0.05, 0) is 37.0 Å². The molecule has 1 aromatic carbocycles. The molecule has 1 unspecified atom stereocenters. The molecule has 0 N–H and O–H groups in total. The number of aromatic nitrogens is 4. The van der Waals surface area contributed by atoms with Gasteiger partial charge in [0.05, 0.1) is 5.92 Å². The van der Waals surface area contributed by atoms with Crippen molar-refractivity contribution in [3.05, 3.63) is 71.3 Å². The Labute approximate surface area is 171 Å². The summed E-state index contributed by atoms with van der Waals surface area (Å²) in [5, 5.41) is 12.6. The Morgan fingerprint density at radius 1 is 1.13 bits per heavy atom. The Balaban J connectivity index is 1.81. The molecule has 0 saturated heterocycles. The fourth-order valence-electron chi connectivity index (χ4n) is 3.42. The van der Waals surface area contributed by atoms with Crippen molar-refractivity contribution in [2.45, 2.75) is 39.3 Å². The molecule has 5 nitrogen and oxygen atoms in total. The number of nitrogens with zero attached hydrogens (tertiary/aromatic N) is 4. The number of hydrogen-bond acceptors (Lipinski definition) is 4. The lowest BCUT2D eigenvalue weighted by molar-refractivity contribution is -0.160. The fourth-order valence-corrected chi connectivity index (χ4v) is 3.42. The topological polar surface area (TPSA) is 52.3 Å². The van der Waals surface area contributed by atoms with Crippen molar-refractivity contribution in [3.63, 3.8) is 0 Å². The van der Waals surface area contributed by atoms with Crippen molar-refractivity contribution in [2.24, 2.45) is 5.92 Å². The Hall–Kier alpha value is -3.16. The smallest absolute Gasteiger partial charge is 0.395 e. The summed E-state index contributed by atoms with van der Waals surface area (Å²) in [5.41, 5.74) is 2.72. The van der Waals surface area contributed by atoms with E-state index < -0.39 is 12.1 Å². The average Bonchev–Trinajstić information content (AvgIpc) is 3.07. The van der Waals surface area contributed by atoms with Crippen molar-refractivity contribution in [1.29, 1.82) is 0 Å². The molecule has 0 spiro atoms. The molecular formula is C22H21F3N4O. The summed E-state index contributed by atoms with van der Waals surface area (Å²) < 4.78 is 47.9. The number of rotatable bonds is 4. The van der Waals surface area contributed by atoms with Crippen molar-refractivity contribution >= 4 is 11.2 Å². The third-order valence-electron chi connectivity index (χ3n) is 5.07. The van der Waals surface area contributed by atoms with Crippen molar-refractivity contribution in [2.75, 3.05) is 0 Å². The summed E-state index contributed by atoms with van der Waals surface area (Å²) in [5.74, 6) is -0.621. The van der Waals surface area contributed by atoms with Gasteiger partial charge in [0.25, 0.3) is 0 Å². The maximum absolute atomic E-state index is 13.4. The number of halogens is 3. The van der Waals surface area contributed by atoms with Gasteiger partial charge in [0, 0.05) is 11.1 Å². The van der Waals surface area contributed by atoms with Gasteiger partial charge in [-0.15, -0.1) is 15.3 Å². The number of fused-ring (bicyclic) bond motifs is 1. The third kappa shape index (κ3) is 3.81. The van der Waals surface area contributed by atoms with Crippen LogP contribution < -0.4 is 4.74 Å². The van der Waals surface area contributed by atoms with Crippen LogP contribution in [0.3, 0.4) is 0 Å². The molecule has 0 saturated carbocycles. The first-order chi connectivity index (χ1) is 14.2. The largest absolute Gasteiger partial charge is 0.437 e. The van der Waals surface area contributed by atoms with E-state index in [2.05, 4.69) is 15.3 Å². The Morgan fingerprint density at radius 3 is 2.53 bits per heavy atom. The van der Waals surface area contributed by atoms with Gasteiger partial charge in [-0.25, -0.2) is 0 Å². The molecule has 30 heavy (non-hydrogen) atoms. The van der Waals surface area contributed by atoms with Crippen molar-refractivity contribution in [3.8, 4) is 5.88 Å². The monoisotopic (exact) mass is 414 g/mol. The first kappa shape index (κ1) is 20.1. The first-order valence-corrected chi connectivity index (χ1v) is 9.69. The molecule has 0 bridgehead atoms. The van der Waals surface area contributed by atoms with E-state index in [1.807, 2.05) is 50.2 Å². The summed E-state index contributed by atoms with van der Waals surface area (Å²) in [6.45, 7) is 5.68. The van der Waals surface area contributed by atoms with Crippen LogP contribution in [0.2, 0.25) is 0 Å². The van der Waals surface area contributed by atoms with Crippen LogP contribution in [0.1, 0.15) is 43.1 Å². The molecule has 1 aliphatic rings. The highest BCUT2D eigenvalue weighted by Crippen LogP contribution is 2.40. The van der Waals surface area contributed by atoms with Gasteiger partial charge in [-0.2, -0.15) is 17.7 Å². The lowest BCUT2D eigenvalue weighted by Gasteiger charge is -2.24. The summed E-state index contributed by atoms with van der Waals surface area (Å²) >= 11 is 0. The summed E-state index contributed by atoms with van der Waals surface area (Å²) in [6.07, 6.45) is -1.75. The molecule has 0 fully saturated rings. The van der Waals surface area contributed by atoms with E-state index in [-0.39, 0.29) is 24.0 Å². The molecule has 2 aromatic heterocycles. The zero-order valence-corrected chi connectivity index (χ0v) is 16.8. The highest BCUT2D eigenvalue weighted by molar-refractivity contribution is 5.78. The average molecular weight is 414 g/mol. The number of alkyl halides is 3. The van der Waals surface area contributed by atoms with Crippen LogP contribution in [0.25, 0.3) is 11.2 Å². The van der Waals surface area contributed by atoms with Gasteiger partial charge < -0.3 is 4.74 Å². The molecule has 0 radical (unpaired) electrons. The molecule has 0 amide bonds. The number of benzene rings is 1. The maximum Gasteiger partial charge on any atom is 0.395 e. The van der Waals surface area contributed by atoms with Crippen molar-refractivity contribution < 1.29 is 17.9 Å². The first-order valence-electron chi connectivity index (χ1n) is 9.69. The highest BCUT2D eigenvalue weighted by atomic mass is 19.4. The predicted octanol–water partition coefficient (Wildman–Crippen LogP) is 5.48. The van der Waals surface area contributed by atoms with Gasteiger partial charge in [0.15, 0.2) is 11.5 Å². The van der Waals surface area contributed by atoms with Crippen LogP contribution in [0.4, 0.5) is 13.2 Å². The molecule has 2 heterocycles. The number of hydrogen-bond donors (Lipinski definition) is 0. The molecule has 8 heteroatoms. The Kier molecular flexibility index (Phi) is 5.09. The van der Waals surface area contributed by atoms with E-state index in [1.165, 1.54) is 4.52 Å². The van der Waals surface area contributed by atoms with Crippen LogP contribution in [-0.2, 0) is 0 Å². The van der Waals surface area contributed by atoms with Crippen molar-refractivity contribution in [1.82, 2.24) is 19.8 Å². The Bertz CT molecular complexity index is 1130. The molecule has 156 valence electrons. The molecule has 3 aromatic rings. The van der Waals surface area contributed by atoms with Gasteiger partial charge in [0.1, 0.15) is 5.76 Å². The van der Waals surface area contributed by atoms with Crippen LogP contribution in [-0.4, -0.2) is 26.0 Å². The van der Waals surface area contributed by atoms with Gasteiger partial charge >= 0.3 is 6.18 Å². The van der Waals surface area contributed by atoms with E-state index in [1.54, 1.807) is 13.0 Å². The summed E-state index contributed by atoms with van der Waals surface area (Å²) in [7, 11) is 0. The van der Waals surface area contributed by atoms with Gasteiger partial charge in [-0.3, -0.25) is 0 Å². The number of allylic oxidation sites excluding steroid dienone is 3. The zero-order chi connectivity index (χ0) is 21.5. The van der Waals surface area contributed by atoms with Crippen LogP contribution >= 0.6 is 0 Å². The lowest BCUT2D eigenvalue weighted by Crippen LogP contribution is -2.24. The summed E-state index contributed by atoms with van der Waals surface area (Å²) in [4.78, 5) is 0. The van der Waals surface area contributed by atoms with E-state index in [0.29, 0.717) is 17.0 Å². The SMILES string of the molecule is Cc1nnc2cc(C(C)C)c(OC3=CC(C(F)(F)F)CC=C3c3ccccc3)nn12. The van der Waals surface area contributed by atoms with E-state index >= 15 is 0 Å². The molecule has 1 aliphatic carbocycles. The van der Waals surface area contributed by atoms with E-state index in [4.69, 9.17) is 4.74 Å². The van der Waals surface area contributed by atoms with Gasteiger partial charge in [0.2, 0.25) is 5.88 Å². The second-order valence-electron chi connectivity index (χ2n) is 7.58. The molecular weight excluding hydrogens is 393 g/mol. The minimum Gasteiger partial charge on any atom is -0.437 e. The van der Waals surface area contributed by atoms with Crippen LogP contribution in [0.15, 0.2) is 54.3 Å². The number of aryl methyl sites for hydroxylation is 1.